The number of furan rings is 1. The highest BCUT2D eigenvalue weighted by atomic mass is 16.3. The fraction of sp³-hybridized carbons (Fsp3) is 0.667. The molecule has 1 saturated carbocycles. The van der Waals surface area contributed by atoms with E-state index in [0.29, 0.717) is 17.7 Å². The summed E-state index contributed by atoms with van der Waals surface area (Å²) >= 11 is 0. The molecule has 0 spiro atoms. The molecular formula is C15H22N2O2. The van der Waals surface area contributed by atoms with Crippen LogP contribution in [0.1, 0.15) is 42.0 Å². The zero-order valence-corrected chi connectivity index (χ0v) is 11.5. The normalized spacial score (nSPS) is 20.5. The first-order chi connectivity index (χ1) is 9.24. The number of carbonyl (C=O) groups is 1. The van der Waals surface area contributed by atoms with Gasteiger partial charge in [-0.3, -0.25) is 4.79 Å². The topological polar surface area (TPSA) is 45.5 Å². The number of hydrogen-bond donors (Lipinski definition) is 1. The Morgan fingerprint density at radius 1 is 1.32 bits per heavy atom. The molecule has 2 heterocycles. The number of aryl methyl sites for hydroxylation is 1. The SMILES string of the molecule is Cc1ccc(C(=O)N(CC2CCNCC2)C2CC2)o1. The molecule has 0 unspecified atom stereocenters. The molecule has 1 aliphatic carbocycles. The zero-order valence-electron chi connectivity index (χ0n) is 11.5. The third kappa shape index (κ3) is 3.00. The fourth-order valence-corrected chi connectivity index (χ4v) is 2.82. The Kier molecular flexibility index (Phi) is 3.60. The van der Waals surface area contributed by atoms with Gasteiger partial charge in [-0.2, -0.15) is 0 Å². The summed E-state index contributed by atoms with van der Waals surface area (Å²) in [7, 11) is 0. The quantitative estimate of drug-likeness (QED) is 0.904. The summed E-state index contributed by atoms with van der Waals surface area (Å²) in [5.41, 5.74) is 0. The first-order valence-corrected chi connectivity index (χ1v) is 7.32. The monoisotopic (exact) mass is 262 g/mol. The molecule has 1 aromatic rings. The summed E-state index contributed by atoms with van der Waals surface area (Å²) in [6.45, 7) is 4.93. The Labute approximate surface area is 114 Å². The van der Waals surface area contributed by atoms with Crippen molar-refractivity contribution in [3.05, 3.63) is 23.7 Å². The highest BCUT2D eigenvalue weighted by Crippen LogP contribution is 2.30. The van der Waals surface area contributed by atoms with Crippen LogP contribution in [0.15, 0.2) is 16.5 Å². The van der Waals surface area contributed by atoms with E-state index >= 15 is 0 Å². The lowest BCUT2D eigenvalue weighted by atomic mass is 9.97. The van der Waals surface area contributed by atoms with E-state index in [2.05, 4.69) is 5.32 Å². The molecule has 2 aliphatic rings. The number of piperidine rings is 1. The van der Waals surface area contributed by atoms with E-state index in [-0.39, 0.29) is 5.91 Å². The van der Waals surface area contributed by atoms with Gasteiger partial charge in [-0.05, 0) is 63.7 Å². The van der Waals surface area contributed by atoms with Crippen molar-refractivity contribution in [2.24, 2.45) is 5.92 Å². The average Bonchev–Trinajstić information content (AvgIpc) is 3.18. The van der Waals surface area contributed by atoms with Gasteiger partial charge in [-0.15, -0.1) is 0 Å². The molecular weight excluding hydrogens is 240 g/mol. The van der Waals surface area contributed by atoms with Gasteiger partial charge in [0.15, 0.2) is 5.76 Å². The van der Waals surface area contributed by atoms with E-state index in [0.717, 1.165) is 38.2 Å². The molecule has 0 atom stereocenters. The number of hydrogen-bond acceptors (Lipinski definition) is 3. The summed E-state index contributed by atoms with van der Waals surface area (Å²) in [4.78, 5) is 14.6. The smallest absolute Gasteiger partial charge is 0.289 e. The standard InChI is InChI=1S/C15H22N2O2/c1-11-2-5-14(19-11)15(18)17(13-3-4-13)10-12-6-8-16-9-7-12/h2,5,12-13,16H,3-4,6-10H2,1H3. The van der Waals surface area contributed by atoms with Crippen molar-refractivity contribution in [1.82, 2.24) is 10.2 Å². The van der Waals surface area contributed by atoms with Crippen molar-refractivity contribution in [3.8, 4) is 0 Å². The summed E-state index contributed by atoms with van der Waals surface area (Å²) < 4.78 is 5.49. The number of nitrogens with zero attached hydrogens (tertiary/aromatic N) is 1. The van der Waals surface area contributed by atoms with Crippen LogP contribution in [0.5, 0.6) is 0 Å². The molecule has 0 aromatic carbocycles. The lowest BCUT2D eigenvalue weighted by molar-refractivity contribution is 0.0668. The van der Waals surface area contributed by atoms with Gasteiger partial charge in [0.1, 0.15) is 5.76 Å². The van der Waals surface area contributed by atoms with Gasteiger partial charge in [-0.25, -0.2) is 0 Å². The molecule has 3 rings (SSSR count). The Bertz CT molecular complexity index is 445. The summed E-state index contributed by atoms with van der Waals surface area (Å²) in [6, 6.07) is 4.12. The van der Waals surface area contributed by atoms with Gasteiger partial charge >= 0.3 is 0 Å². The van der Waals surface area contributed by atoms with Crippen LogP contribution in [0.25, 0.3) is 0 Å². The Hall–Kier alpha value is -1.29. The predicted octanol–water partition coefficient (Wildman–Crippen LogP) is 2.19. The first kappa shape index (κ1) is 12.7. The number of carbonyl (C=O) groups excluding carboxylic acids is 1. The van der Waals surface area contributed by atoms with Crippen LogP contribution in [0.2, 0.25) is 0 Å². The zero-order chi connectivity index (χ0) is 13.2. The van der Waals surface area contributed by atoms with Crippen molar-refractivity contribution in [1.29, 1.82) is 0 Å². The highest BCUT2D eigenvalue weighted by molar-refractivity contribution is 5.92. The van der Waals surface area contributed by atoms with Crippen molar-refractivity contribution in [2.75, 3.05) is 19.6 Å². The number of amides is 1. The van der Waals surface area contributed by atoms with Crippen LogP contribution in [-0.4, -0.2) is 36.5 Å². The highest BCUT2D eigenvalue weighted by Gasteiger charge is 2.35. The maximum absolute atomic E-state index is 12.5. The average molecular weight is 262 g/mol. The number of rotatable bonds is 4. The molecule has 4 heteroatoms. The Morgan fingerprint density at radius 3 is 2.63 bits per heavy atom. The van der Waals surface area contributed by atoms with Crippen LogP contribution in [0.4, 0.5) is 0 Å². The van der Waals surface area contributed by atoms with Gasteiger partial charge in [-0.1, -0.05) is 0 Å². The third-order valence-corrected chi connectivity index (χ3v) is 4.11. The van der Waals surface area contributed by atoms with Gasteiger partial charge in [0.05, 0.1) is 0 Å². The molecule has 104 valence electrons. The van der Waals surface area contributed by atoms with Crippen molar-refractivity contribution in [3.63, 3.8) is 0 Å². The van der Waals surface area contributed by atoms with E-state index in [1.807, 2.05) is 17.9 Å². The molecule has 1 aromatic heterocycles. The largest absolute Gasteiger partial charge is 0.456 e. The molecule has 0 bridgehead atoms. The molecule has 1 saturated heterocycles. The summed E-state index contributed by atoms with van der Waals surface area (Å²) in [5.74, 6) is 2.02. The van der Waals surface area contributed by atoms with Gasteiger partial charge in [0.25, 0.3) is 5.91 Å². The molecule has 4 nitrogen and oxygen atoms in total. The summed E-state index contributed by atoms with van der Waals surface area (Å²) in [5, 5.41) is 3.38. The van der Waals surface area contributed by atoms with Crippen molar-refractivity contribution in [2.45, 2.75) is 38.6 Å². The number of nitrogens with one attached hydrogen (secondary N) is 1. The lowest BCUT2D eigenvalue weighted by Crippen LogP contribution is -2.40. The second-order valence-electron chi connectivity index (χ2n) is 5.79. The van der Waals surface area contributed by atoms with Crippen LogP contribution in [-0.2, 0) is 0 Å². The van der Waals surface area contributed by atoms with E-state index < -0.39 is 0 Å². The summed E-state index contributed by atoms with van der Waals surface area (Å²) in [6.07, 6.45) is 4.65. The van der Waals surface area contributed by atoms with Crippen LogP contribution in [0, 0.1) is 12.8 Å². The first-order valence-electron chi connectivity index (χ1n) is 7.32. The van der Waals surface area contributed by atoms with Gasteiger partial charge in [0, 0.05) is 12.6 Å². The van der Waals surface area contributed by atoms with E-state index in [1.54, 1.807) is 6.07 Å². The molecule has 2 fully saturated rings. The Morgan fingerprint density at radius 2 is 2.05 bits per heavy atom. The van der Waals surface area contributed by atoms with E-state index in [1.165, 1.54) is 12.8 Å². The predicted molar refractivity (Wildman–Crippen MR) is 73.1 cm³/mol. The molecule has 1 N–H and O–H groups in total. The van der Waals surface area contributed by atoms with Crippen molar-refractivity contribution >= 4 is 5.91 Å². The Balaban J connectivity index is 1.68. The van der Waals surface area contributed by atoms with E-state index in [9.17, 15) is 4.79 Å². The van der Waals surface area contributed by atoms with Crippen LogP contribution >= 0.6 is 0 Å². The van der Waals surface area contributed by atoms with Gasteiger partial charge in [0.2, 0.25) is 0 Å². The molecule has 1 amide bonds. The molecule has 19 heavy (non-hydrogen) atoms. The van der Waals surface area contributed by atoms with Crippen LogP contribution in [0.3, 0.4) is 0 Å². The molecule has 1 aliphatic heterocycles. The minimum atomic E-state index is 0.0779. The fourth-order valence-electron chi connectivity index (χ4n) is 2.82. The minimum Gasteiger partial charge on any atom is -0.456 e. The van der Waals surface area contributed by atoms with Crippen molar-refractivity contribution < 1.29 is 9.21 Å². The molecule has 0 radical (unpaired) electrons. The third-order valence-electron chi connectivity index (χ3n) is 4.11. The van der Waals surface area contributed by atoms with E-state index in [4.69, 9.17) is 4.42 Å². The lowest BCUT2D eigenvalue weighted by Gasteiger charge is -2.29. The second kappa shape index (κ2) is 5.37. The second-order valence-corrected chi connectivity index (χ2v) is 5.79. The maximum atomic E-state index is 12.5. The van der Waals surface area contributed by atoms with Gasteiger partial charge < -0.3 is 14.6 Å². The van der Waals surface area contributed by atoms with Crippen LogP contribution < -0.4 is 5.32 Å². The minimum absolute atomic E-state index is 0.0779. The maximum Gasteiger partial charge on any atom is 0.289 e.